The van der Waals surface area contributed by atoms with Crippen LogP contribution in [0.15, 0.2) is 96.0 Å². The summed E-state index contributed by atoms with van der Waals surface area (Å²) in [7, 11) is 0. The van der Waals surface area contributed by atoms with Gasteiger partial charge in [-0.1, -0.05) is 72.3 Å². The van der Waals surface area contributed by atoms with Crippen molar-refractivity contribution in [2.45, 2.75) is 0 Å². The number of nitrogens with zero attached hydrogens (tertiary/aromatic N) is 3. The largest absolute Gasteiger partial charge is 0.507 e. The highest BCUT2D eigenvalue weighted by Gasteiger charge is 2.15. The average Bonchev–Trinajstić information content (AvgIpc) is 2.86. The van der Waals surface area contributed by atoms with Gasteiger partial charge in [0.15, 0.2) is 0 Å². The maximum Gasteiger partial charge on any atom is 0.124 e. The van der Waals surface area contributed by atoms with Crippen LogP contribution in [0.3, 0.4) is 0 Å². The Balaban J connectivity index is 1.67. The lowest BCUT2D eigenvalue weighted by molar-refractivity contribution is 0.474. The highest BCUT2D eigenvalue weighted by Crippen LogP contribution is 2.35. The molecule has 0 saturated carbocycles. The van der Waals surface area contributed by atoms with Crippen molar-refractivity contribution in [3.63, 3.8) is 0 Å². The van der Waals surface area contributed by atoms with Crippen molar-refractivity contribution in [2.24, 2.45) is 4.99 Å². The van der Waals surface area contributed by atoms with Crippen LogP contribution >= 0.6 is 11.6 Å². The van der Waals surface area contributed by atoms with Gasteiger partial charge in [0.05, 0.1) is 28.3 Å². The van der Waals surface area contributed by atoms with Crippen molar-refractivity contribution in [2.75, 3.05) is 5.73 Å². The van der Waals surface area contributed by atoms with Gasteiger partial charge in [-0.05, 0) is 30.3 Å². The molecule has 0 unspecified atom stereocenters. The molecule has 0 aliphatic heterocycles. The molecule has 0 radical (unpaired) electrons. The van der Waals surface area contributed by atoms with E-state index in [0.29, 0.717) is 33.0 Å². The number of hydrogen-bond acceptors (Lipinski definition) is 5. The zero-order valence-electron chi connectivity index (χ0n) is 17.5. The Hall–Kier alpha value is -4.22. The third-order valence-corrected chi connectivity index (χ3v) is 5.51. The summed E-state index contributed by atoms with van der Waals surface area (Å²) in [6, 6.07) is 28.3. The lowest BCUT2D eigenvalue weighted by Gasteiger charge is -2.12. The van der Waals surface area contributed by atoms with Crippen LogP contribution in [0.2, 0.25) is 5.02 Å². The summed E-state index contributed by atoms with van der Waals surface area (Å²) in [4.78, 5) is 14.3. The van der Waals surface area contributed by atoms with E-state index in [9.17, 15) is 5.11 Å². The average molecular weight is 451 g/mol. The molecule has 0 spiro atoms. The fourth-order valence-electron chi connectivity index (χ4n) is 3.61. The van der Waals surface area contributed by atoms with Crippen LogP contribution in [-0.4, -0.2) is 21.3 Å². The van der Waals surface area contributed by atoms with Gasteiger partial charge >= 0.3 is 0 Å². The standard InChI is InChI=1S/C27H19ClN4O/c28-20-11-14-23(33)19(15-20)16-30-21-12-13-22-27(24(21)29)32-26(18-9-5-2-6-10-18)25(31-22)17-7-3-1-4-8-17/h1-16,33H,29H2. The molecule has 1 heterocycles. The summed E-state index contributed by atoms with van der Waals surface area (Å²) in [5.74, 6) is 0.0844. The van der Waals surface area contributed by atoms with Gasteiger partial charge < -0.3 is 10.8 Å². The van der Waals surface area contributed by atoms with Crippen molar-refractivity contribution in [1.29, 1.82) is 0 Å². The maximum absolute atomic E-state index is 10.1. The number of phenolic OH excluding ortho intramolecular Hbond substituents is 1. The van der Waals surface area contributed by atoms with E-state index in [0.717, 1.165) is 22.5 Å². The molecular formula is C27H19ClN4O. The van der Waals surface area contributed by atoms with Crippen molar-refractivity contribution >= 4 is 40.2 Å². The van der Waals surface area contributed by atoms with Crippen LogP contribution < -0.4 is 5.73 Å². The first kappa shape index (κ1) is 20.7. The van der Waals surface area contributed by atoms with Gasteiger partial charge in [-0.15, -0.1) is 0 Å². The molecule has 33 heavy (non-hydrogen) atoms. The Bertz CT molecular complexity index is 1490. The smallest absolute Gasteiger partial charge is 0.124 e. The predicted octanol–water partition coefficient (Wildman–Crippen LogP) is 6.66. The van der Waals surface area contributed by atoms with E-state index in [4.69, 9.17) is 27.3 Å². The summed E-state index contributed by atoms with van der Waals surface area (Å²) < 4.78 is 0. The second kappa shape index (κ2) is 8.73. The molecule has 0 aliphatic rings. The number of benzene rings is 4. The molecule has 0 fully saturated rings. The van der Waals surface area contributed by atoms with Crippen LogP contribution in [0.5, 0.6) is 5.75 Å². The number of phenols is 1. The normalized spacial score (nSPS) is 11.3. The lowest BCUT2D eigenvalue weighted by atomic mass is 10.0. The molecule has 5 nitrogen and oxygen atoms in total. The zero-order chi connectivity index (χ0) is 22.8. The van der Waals surface area contributed by atoms with Gasteiger partial charge in [0.2, 0.25) is 0 Å². The molecule has 4 aromatic carbocycles. The monoisotopic (exact) mass is 450 g/mol. The molecule has 160 valence electrons. The number of fused-ring (bicyclic) bond motifs is 1. The Kier molecular flexibility index (Phi) is 5.47. The molecule has 6 heteroatoms. The summed E-state index contributed by atoms with van der Waals surface area (Å²) in [5, 5.41) is 10.6. The number of nitrogen functional groups attached to an aromatic ring is 1. The predicted molar refractivity (Wildman–Crippen MR) is 135 cm³/mol. The minimum Gasteiger partial charge on any atom is -0.507 e. The van der Waals surface area contributed by atoms with Crippen molar-refractivity contribution < 1.29 is 5.11 Å². The molecule has 0 bridgehead atoms. The van der Waals surface area contributed by atoms with Gasteiger partial charge in [-0.3, -0.25) is 4.99 Å². The second-order valence-corrected chi connectivity index (χ2v) is 7.92. The summed E-state index contributed by atoms with van der Waals surface area (Å²) in [6.45, 7) is 0. The number of rotatable bonds is 4. The summed E-state index contributed by atoms with van der Waals surface area (Å²) >= 11 is 6.03. The van der Waals surface area contributed by atoms with E-state index < -0.39 is 0 Å². The topological polar surface area (TPSA) is 84.4 Å². The van der Waals surface area contributed by atoms with Crippen LogP contribution in [-0.2, 0) is 0 Å². The molecule has 1 aromatic heterocycles. The van der Waals surface area contributed by atoms with Gasteiger partial charge in [0.1, 0.15) is 11.3 Å². The van der Waals surface area contributed by atoms with Gasteiger partial charge in [-0.2, -0.15) is 0 Å². The fourth-order valence-corrected chi connectivity index (χ4v) is 3.79. The number of aromatic hydroxyl groups is 1. The zero-order valence-corrected chi connectivity index (χ0v) is 18.2. The van der Waals surface area contributed by atoms with Crippen molar-refractivity contribution in [1.82, 2.24) is 9.97 Å². The van der Waals surface area contributed by atoms with Crippen molar-refractivity contribution in [3.05, 3.63) is 102 Å². The minimum absolute atomic E-state index is 0.0844. The molecule has 3 N–H and O–H groups in total. The van der Waals surface area contributed by atoms with E-state index in [2.05, 4.69) is 4.99 Å². The first-order chi connectivity index (χ1) is 16.1. The van der Waals surface area contributed by atoms with E-state index in [1.165, 1.54) is 12.3 Å². The minimum atomic E-state index is 0.0844. The lowest BCUT2D eigenvalue weighted by Crippen LogP contribution is -1.98. The molecular weight excluding hydrogens is 432 g/mol. The number of nitrogens with two attached hydrogens (primary N) is 1. The van der Waals surface area contributed by atoms with Gasteiger partial charge in [0, 0.05) is 27.9 Å². The van der Waals surface area contributed by atoms with E-state index in [1.807, 2.05) is 66.7 Å². The molecule has 5 rings (SSSR count). The number of hydrogen-bond donors (Lipinski definition) is 2. The Morgan fingerprint density at radius 1 is 0.788 bits per heavy atom. The molecule has 0 aliphatic carbocycles. The maximum atomic E-state index is 10.1. The van der Waals surface area contributed by atoms with Crippen LogP contribution in [0.25, 0.3) is 33.5 Å². The van der Waals surface area contributed by atoms with Gasteiger partial charge in [-0.25, -0.2) is 9.97 Å². The quantitative estimate of drug-likeness (QED) is 0.237. The van der Waals surface area contributed by atoms with Crippen molar-refractivity contribution in [3.8, 4) is 28.3 Å². The molecule has 0 atom stereocenters. The van der Waals surface area contributed by atoms with E-state index in [-0.39, 0.29) is 5.75 Å². The molecule has 0 amide bonds. The first-order valence-corrected chi connectivity index (χ1v) is 10.7. The van der Waals surface area contributed by atoms with Crippen LogP contribution in [0.1, 0.15) is 5.56 Å². The van der Waals surface area contributed by atoms with E-state index in [1.54, 1.807) is 18.2 Å². The number of aliphatic imine (C=N–C) groups is 1. The third kappa shape index (κ3) is 4.14. The highest BCUT2D eigenvalue weighted by atomic mass is 35.5. The van der Waals surface area contributed by atoms with Crippen LogP contribution in [0, 0.1) is 0 Å². The van der Waals surface area contributed by atoms with E-state index >= 15 is 0 Å². The second-order valence-electron chi connectivity index (χ2n) is 7.48. The molecule has 5 aromatic rings. The Morgan fingerprint density at radius 3 is 2.09 bits per heavy atom. The summed E-state index contributed by atoms with van der Waals surface area (Å²) in [5.41, 5.74) is 12.6. The third-order valence-electron chi connectivity index (χ3n) is 5.28. The Labute approximate surface area is 195 Å². The fraction of sp³-hybridized carbons (Fsp3) is 0. The van der Waals surface area contributed by atoms with Gasteiger partial charge in [0.25, 0.3) is 0 Å². The number of anilines is 1. The number of halogens is 1. The SMILES string of the molecule is Nc1c(N=Cc2cc(Cl)ccc2O)ccc2nc(-c3ccccc3)c(-c3ccccc3)nc12. The summed E-state index contributed by atoms with van der Waals surface area (Å²) in [6.07, 6.45) is 1.53. The highest BCUT2D eigenvalue weighted by molar-refractivity contribution is 6.31. The van der Waals surface area contributed by atoms with Crippen LogP contribution in [0.4, 0.5) is 11.4 Å². The molecule has 0 saturated heterocycles. The Morgan fingerprint density at radius 2 is 1.42 bits per heavy atom. The number of aromatic nitrogens is 2. The first-order valence-electron chi connectivity index (χ1n) is 10.3.